The molecule has 0 aromatic heterocycles. The largest absolute Gasteiger partial charge is 0.382 e. The molecule has 0 bridgehead atoms. The van der Waals surface area contributed by atoms with E-state index in [9.17, 15) is 9.90 Å². The molecule has 0 radical (unpaired) electrons. The monoisotopic (exact) mass is 237 g/mol. The summed E-state index contributed by atoms with van der Waals surface area (Å²) < 4.78 is 0. The molecular formula is C12H15NO2S. The van der Waals surface area contributed by atoms with Gasteiger partial charge in [-0.05, 0) is 5.56 Å². The lowest BCUT2D eigenvalue weighted by atomic mass is 10.1. The number of benzene rings is 1. The number of thiol groups is 1. The maximum absolute atomic E-state index is 11.7. The van der Waals surface area contributed by atoms with Crippen LogP contribution < -0.4 is 0 Å². The van der Waals surface area contributed by atoms with Gasteiger partial charge in [0.25, 0.3) is 0 Å². The van der Waals surface area contributed by atoms with Crippen LogP contribution in [-0.4, -0.2) is 27.9 Å². The lowest BCUT2D eigenvalue weighted by molar-refractivity contribution is -0.128. The number of carbonyl (C=O) groups is 1. The zero-order chi connectivity index (χ0) is 11.5. The zero-order valence-electron chi connectivity index (χ0n) is 8.91. The molecule has 1 aromatic carbocycles. The van der Waals surface area contributed by atoms with Gasteiger partial charge in [0.1, 0.15) is 5.44 Å². The van der Waals surface area contributed by atoms with Crippen molar-refractivity contribution in [2.75, 3.05) is 6.54 Å². The fourth-order valence-corrected chi connectivity index (χ4v) is 2.16. The second-order valence-corrected chi connectivity index (χ2v) is 4.67. The van der Waals surface area contributed by atoms with E-state index in [0.29, 0.717) is 19.5 Å². The van der Waals surface area contributed by atoms with Crippen molar-refractivity contribution in [1.29, 1.82) is 0 Å². The average Bonchev–Trinajstić information content (AvgIpc) is 2.62. The van der Waals surface area contributed by atoms with Gasteiger partial charge in [0, 0.05) is 25.4 Å². The molecule has 4 heteroatoms. The third-order valence-corrected chi connectivity index (χ3v) is 3.30. The molecule has 3 nitrogen and oxygen atoms in total. The molecule has 1 aromatic rings. The third-order valence-electron chi connectivity index (χ3n) is 2.88. The SMILES string of the molecule is O=C1CC(C(O)S)CN1Cc1ccccc1. The van der Waals surface area contributed by atoms with Crippen molar-refractivity contribution >= 4 is 18.5 Å². The standard InChI is InChI=1S/C12H15NO2S/c14-11-6-10(12(15)16)8-13(11)7-9-4-2-1-3-5-9/h1-5,10,12,15-16H,6-8H2. The zero-order valence-corrected chi connectivity index (χ0v) is 9.81. The Morgan fingerprint density at radius 1 is 1.44 bits per heavy atom. The first-order chi connectivity index (χ1) is 7.66. The van der Waals surface area contributed by atoms with Crippen LogP contribution in [0.3, 0.4) is 0 Å². The molecule has 0 saturated carbocycles. The second kappa shape index (κ2) is 4.89. The molecule has 2 unspecified atom stereocenters. The molecule has 1 fully saturated rings. The molecule has 1 aliphatic rings. The molecule has 2 rings (SSSR count). The lowest BCUT2D eigenvalue weighted by Gasteiger charge is -2.17. The Hall–Kier alpha value is -1.00. The fourth-order valence-electron chi connectivity index (χ4n) is 1.96. The number of aliphatic hydroxyl groups is 1. The van der Waals surface area contributed by atoms with Crippen molar-refractivity contribution in [3.05, 3.63) is 35.9 Å². The van der Waals surface area contributed by atoms with Crippen molar-refractivity contribution in [1.82, 2.24) is 4.90 Å². The van der Waals surface area contributed by atoms with Crippen molar-refractivity contribution in [3.63, 3.8) is 0 Å². The van der Waals surface area contributed by atoms with E-state index in [2.05, 4.69) is 12.6 Å². The molecule has 1 heterocycles. The molecule has 0 spiro atoms. The maximum Gasteiger partial charge on any atom is 0.223 e. The summed E-state index contributed by atoms with van der Waals surface area (Å²) in [5.41, 5.74) is 0.412. The molecular weight excluding hydrogens is 222 g/mol. The first-order valence-corrected chi connectivity index (χ1v) is 5.86. The molecule has 2 atom stereocenters. The topological polar surface area (TPSA) is 40.5 Å². The number of carbonyl (C=O) groups excluding carboxylic acids is 1. The fraction of sp³-hybridized carbons (Fsp3) is 0.417. The third kappa shape index (κ3) is 2.57. The highest BCUT2D eigenvalue weighted by molar-refractivity contribution is 7.80. The number of likely N-dealkylation sites (tertiary alicyclic amines) is 1. The molecule has 1 N–H and O–H groups in total. The van der Waals surface area contributed by atoms with Crippen LogP contribution in [0.1, 0.15) is 12.0 Å². The second-order valence-electron chi connectivity index (χ2n) is 4.14. The van der Waals surface area contributed by atoms with E-state index < -0.39 is 5.44 Å². The quantitative estimate of drug-likeness (QED) is 0.614. The molecule has 0 aliphatic carbocycles. The minimum absolute atomic E-state index is 0.0421. The Bertz CT molecular complexity index is 367. The highest BCUT2D eigenvalue weighted by atomic mass is 32.1. The predicted octanol–water partition coefficient (Wildman–Crippen LogP) is 1.28. The van der Waals surface area contributed by atoms with E-state index in [1.807, 2.05) is 30.3 Å². The van der Waals surface area contributed by atoms with Gasteiger partial charge < -0.3 is 10.0 Å². The van der Waals surface area contributed by atoms with Gasteiger partial charge in [0.15, 0.2) is 0 Å². The van der Waals surface area contributed by atoms with Gasteiger partial charge in [-0.3, -0.25) is 4.79 Å². The Balaban J connectivity index is 1.99. The van der Waals surface area contributed by atoms with E-state index in [0.717, 1.165) is 5.56 Å². The van der Waals surface area contributed by atoms with Crippen LogP contribution in [0.2, 0.25) is 0 Å². The summed E-state index contributed by atoms with van der Waals surface area (Å²) >= 11 is 3.98. The van der Waals surface area contributed by atoms with Crippen molar-refractivity contribution in [3.8, 4) is 0 Å². The van der Waals surface area contributed by atoms with E-state index >= 15 is 0 Å². The molecule has 86 valence electrons. The summed E-state index contributed by atoms with van der Waals surface area (Å²) in [5, 5.41) is 9.34. The van der Waals surface area contributed by atoms with Gasteiger partial charge in [-0.15, -0.1) is 12.6 Å². The van der Waals surface area contributed by atoms with Gasteiger partial charge in [-0.25, -0.2) is 0 Å². The summed E-state index contributed by atoms with van der Waals surface area (Å²) in [6, 6.07) is 9.87. The van der Waals surface area contributed by atoms with Gasteiger partial charge in [0.05, 0.1) is 0 Å². The van der Waals surface area contributed by atoms with Crippen LogP contribution in [-0.2, 0) is 11.3 Å². The van der Waals surface area contributed by atoms with E-state index in [1.165, 1.54) is 0 Å². The first kappa shape index (κ1) is 11.5. The van der Waals surface area contributed by atoms with Crippen LogP contribution in [0.5, 0.6) is 0 Å². The van der Waals surface area contributed by atoms with Gasteiger partial charge in [-0.1, -0.05) is 30.3 Å². The van der Waals surface area contributed by atoms with Crippen molar-refractivity contribution in [2.45, 2.75) is 18.4 Å². The summed E-state index contributed by atoms with van der Waals surface area (Å²) in [6.07, 6.45) is 0.400. The maximum atomic E-state index is 11.7. The van der Waals surface area contributed by atoms with Crippen LogP contribution in [0.15, 0.2) is 30.3 Å². The van der Waals surface area contributed by atoms with Crippen LogP contribution in [0, 0.1) is 5.92 Å². The highest BCUT2D eigenvalue weighted by Crippen LogP contribution is 2.24. The number of hydrogen-bond donors (Lipinski definition) is 2. The molecule has 1 amide bonds. The smallest absolute Gasteiger partial charge is 0.223 e. The molecule has 1 saturated heterocycles. The predicted molar refractivity (Wildman–Crippen MR) is 65.0 cm³/mol. The van der Waals surface area contributed by atoms with E-state index in [-0.39, 0.29) is 11.8 Å². The number of amides is 1. The minimum atomic E-state index is -0.704. The normalized spacial score (nSPS) is 22.5. The van der Waals surface area contributed by atoms with Crippen molar-refractivity contribution < 1.29 is 9.90 Å². The Labute approximate surface area is 100 Å². The van der Waals surface area contributed by atoms with Crippen LogP contribution in [0.4, 0.5) is 0 Å². The number of nitrogens with zero attached hydrogens (tertiary/aromatic N) is 1. The summed E-state index contributed by atoms with van der Waals surface area (Å²) in [4.78, 5) is 13.5. The number of hydrogen-bond acceptors (Lipinski definition) is 3. The average molecular weight is 237 g/mol. The Morgan fingerprint density at radius 3 is 2.69 bits per heavy atom. The summed E-state index contributed by atoms with van der Waals surface area (Å²) in [5.74, 6) is 0.0569. The van der Waals surface area contributed by atoms with E-state index in [4.69, 9.17) is 0 Å². The van der Waals surface area contributed by atoms with Gasteiger partial charge >= 0.3 is 0 Å². The lowest BCUT2D eigenvalue weighted by Crippen LogP contribution is -2.25. The number of aliphatic hydroxyl groups excluding tert-OH is 1. The summed E-state index contributed by atoms with van der Waals surface area (Å²) in [7, 11) is 0. The molecule has 16 heavy (non-hydrogen) atoms. The van der Waals surface area contributed by atoms with Crippen LogP contribution in [0.25, 0.3) is 0 Å². The van der Waals surface area contributed by atoms with Gasteiger partial charge in [0.2, 0.25) is 5.91 Å². The summed E-state index contributed by atoms with van der Waals surface area (Å²) in [6.45, 7) is 1.22. The molecule has 1 aliphatic heterocycles. The first-order valence-electron chi connectivity index (χ1n) is 5.34. The van der Waals surface area contributed by atoms with Gasteiger partial charge in [-0.2, -0.15) is 0 Å². The number of rotatable bonds is 3. The Morgan fingerprint density at radius 2 is 2.12 bits per heavy atom. The van der Waals surface area contributed by atoms with Crippen LogP contribution >= 0.6 is 12.6 Å². The van der Waals surface area contributed by atoms with E-state index in [1.54, 1.807) is 4.90 Å². The van der Waals surface area contributed by atoms with Crippen molar-refractivity contribution in [2.24, 2.45) is 5.92 Å². The Kier molecular flexibility index (Phi) is 3.51. The highest BCUT2D eigenvalue weighted by Gasteiger charge is 2.32. The minimum Gasteiger partial charge on any atom is -0.382 e.